The number of benzene rings is 4. The van der Waals surface area contributed by atoms with E-state index in [1.807, 2.05) is 66.7 Å². The summed E-state index contributed by atoms with van der Waals surface area (Å²) < 4.78 is 0. The molecule has 0 bridgehead atoms. The smallest absolute Gasteiger partial charge is 0.423 e. The number of aromatic nitrogens is 2. The standard InChI is InChI=1S/C25H19BN2O2/c29-26(30)22-16-15-21(19-13-7-8-14-20(19)22)25-27-23(17-9-3-1-4-10-17)24(28-25)18-11-5-2-6-12-18/h1-16,29-30H,(H,27,28). The van der Waals surface area contributed by atoms with Gasteiger partial charge in [-0.2, -0.15) is 0 Å². The topological polar surface area (TPSA) is 69.1 Å². The molecule has 4 nitrogen and oxygen atoms in total. The van der Waals surface area contributed by atoms with E-state index >= 15 is 0 Å². The molecule has 0 spiro atoms. The van der Waals surface area contributed by atoms with Crippen molar-refractivity contribution >= 4 is 23.4 Å². The van der Waals surface area contributed by atoms with Crippen LogP contribution in [0.15, 0.2) is 97.1 Å². The first kappa shape index (κ1) is 18.4. The highest BCUT2D eigenvalue weighted by molar-refractivity contribution is 6.62. The average molecular weight is 390 g/mol. The fourth-order valence-corrected chi connectivity index (χ4v) is 3.87. The van der Waals surface area contributed by atoms with Gasteiger partial charge in [-0.05, 0) is 16.2 Å². The van der Waals surface area contributed by atoms with Gasteiger partial charge in [0.05, 0.1) is 11.4 Å². The van der Waals surface area contributed by atoms with E-state index in [9.17, 15) is 10.0 Å². The molecular weight excluding hydrogens is 371 g/mol. The van der Waals surface area contributed by atoms with Gasteiger partial charge in [0.15, 0.2) is 0 Å². The highest BCUT2D eigenvalue weighted by atomic mass is 16.4. The molecule has 0 aliphatic rings. The molecule has 30 heavy (non-hydrogen) atoms. The third kappa shape index (κ3) is 3.20. The zero-order chi connectivity index (χ0) is 20.5. The molecular formula is C25H19BN2O2. The van der Waals surface area contributed by atoms with Gasteiger partial charge in [0.1, 0.15) is 5.82 Å². The van der Waals surface area contributed by atoms with Crippen molar-refractivity contribution in [2.75, 3.05) is 0 Å². The molecule has 1 heterocycles. The quantitative estimate of drug-likeness (QED) is 0.402. The molecule has 5 aromatic rings. The lowest BCUT2D eigenvalue weighted by molar-refractivity contribution is 0.426. The van der Waals surface area contributed by atoms with Gasteiger partial charge < -0.3 is 15.0 Å². The van der Waals surface area contributed by atoms with E-state index in [-0.39, 0.29) is 0 Å². The minimum Gasteiger partial charge on any atom is -0.423 e. The van der Waals surface area contributed by atoms with Crippen LogP contribution in [0.4, 0.5) is 0 Å². The van der Waals surface area contributed by atoms with Gasteiger partial charge in [0.2, 0.25) is 0 Å². The van der Waals surface area contributed by atoms with Crippen LogP contribution in [0, 0.1) is 0 Å². The Balaban J connectivity index is 1.76. The summed E-state index contributed by atoms with van der Waals surface area (Å²) in [7, 11) is -1.53. The molecule has 4 aromatic carbocycles. The second-order valence-electron chi connectivity index (χ2n) is 7.16. The molecule has 5 heteroatoms. The summed E-state index contributed by atoms with van der Waals surface area (Å²) in [6.45, 7) is 0. The molecule has 3 N–H and O–H groups in total. The first-order chi connectivity index (χ1) is 14.7. The lowest BCUT2D eigenvalue weighted by atomic mass is 9.76. The highest BCUT2D eigenvalue weighted by Gasteiger charge is 2.20. The van der Waals surface area contributed by atoms with Gasteiger partial charge in [0.25, 0.3) is 0 Å². The van der Waals surface area contributed by atoms with Gasteiger partial charge in [-0.25, -0.2) is 4.98 Å². The van der Waals surface area contributed by atoms with E-state index in [1.165, 1.54) is 0 Å². The fourth-order valence-electron chi connectivity index (χ4n) is 3.87. The summed E-state index contributed by atoms with van der Waals surface area (Å²) in [6.07, 6.45) is 0. The molecule has 0 radical (unpaired) electrons. The van der Waals surface area contributed by atoms with E-state index in [0.29, 0.717) is 5.46 Å². The normalized spacial score (nSPS) is 11.0. The molecule has 0 fully saturated rings. The fraction of sp³-hybridized carbons (Fsp3) is 0. The average Bonchev–Trinajstić information content (AvgIpc) is 3.24. The second kappa shape index (κ2) is 7.63. The molecule has 0 saturated heterocycles. The van der Waals surface area contributed by atoms with Crippen LogP contribution in [-0.2, 0) is 0 Å². The Bertz CT molecular complexity index is 1260. The van der Waals surface area contributed by atoms with E-state index in [1.54, 1.807) is 6.07 Å². The van der Waals surface area contributed by atoms with Crippen LogP contribution in [-0.4, -0.2) is 27.1 Å². The molecule has 144 valence electrons. The van der Waals surface area contributed by atoms with Gasteiger partial charge in [0, 0.05) is 16.7 Å². The van der Waals surface area contributed by atoms with Crippen LogP contribution >= 0.6 is 0 Å². The number of nitrogens with zero attached hydrogens (tertiary/aromatic N) is 1. The second-order valence-corrected chi connectivity index (χ2v) is 7.16. The monoisotopic (exact) mass is 390 g/mol. The minimum atomic E-state index is -1.53. The Morgan fingerprint density at radius 1 is 0.633 bits per heavy atom. The predicted octanol–water partition coefficient (Wildman–Crippen LogP) is 4.24. The maximum atomic E-state index is 9.76. The van der Waals surface area contributed by atoms with Crippen LogP contribution in [0.3, 0.4) is 0 Å². The van der Waals surface area contributed by atoms with Crippen molar-refractivity contribution in [1.29, 1.82) is 0 Å². The zero-order valence-corrected chi connectivity index (χ0v) is 16.2. The molecule has 5 rings (SSSR count). The summed E-state index contributed by atoms with van der Waals surface area (Å²) in [4.78, 5) is 8.49. The summed E-state index contributed by atoms with van der Waals surface area (Å²) in [5.41, 5.74) is 5.31. The van der Waals surface area contributed by atoms with E-state index in [2.05, 4.69) is 29.2 Å². The molecule has 0 amide bonds. The number of nitrogens with one attached hydrogen (secondary N) is 1. The van der Waals surface area contributed by atoms with Crippen LogP contribution in [0.25, 0.3) is 44.7 Å². The maximum absolute atomic E-state index is 9.76. The number of hydrogen-bond donors (Lipinski definition) is 3. The van der Waals surface area contributed by atoms with Gasteiger partial charge in [-0.3, -0.25) is 0 Å². The van der Waals surface area contributed by atoms with E-state index in [0.717, 1.165) is 44.7 Å². The summed E-state index contributed by atoms with van der Waals surface area (Å²) in [5.74, 6) is 0.739. The van der Waals surface area contributed by atoms with E-state index < -0.39 is 7.12 Å². The maximum Gasteiger partial charge on any atom is 0.489 e. The number of fused-ring (bicyclic) bond motifs is 1. The SMILES string of the molecule is OB(O)c1ccc(-c2nc(-c3ccccc3)c(-c3ccccc3)[nH]2)c2ccccc12. The third-order valence-corrected chi connectivity index (χ3v) is 5.30. The Kier molecular flexibility index (Phi) is 4.67. The van der Waals surface area contributed by atoms with Gasteiger partial charge in [-0.1, -0.05) is 97.1 Å². The first-order valence-electron chi connectivity index (χ1n) is 9.81. The molecule has 0 saturated carbocycles. The van der Waals surface area contributed by atoms with Gasteiger partial charge >= 0.3 is 7.12 Å². The van der Waals surface area contributed by atoms with Crippen molar-refractivity contribution < 1.29 is 10.0 Å². The van der Waals surface area contributed by atoms with Crippen LogP contribution in [0.5, 0.6) is 0 Å². The number of hydrogen-bond acceptors (Lipinski definition) is 3. The third-order valence-electron chi connectivity index (χ3n) is 5.30. The molecule has 0 atom stereocenters. The first-order valence-corrected chi connectivity index (χ1v) is 9.81. The molecule has 0 unspecified atom stereocenters. The van der Waals surface area contributed by atoms with E-state index in [4.69, 9.17) is 4.98 Å². The molecule has 0 aliphatic carbocycles. The van der Waals surface area contributed by atoms with Crippen molar-refractivity contribution in [3.8, 4) is 33.9 Å². The Morgan fingerprint density at radius 2 is 1.23 bits per heavy atom. The lowest BCUT2D eigenvalue weighted by Crippen LogP contribution is -2.30. The Morgan fingerprint density at radius 3 is 1.90 bits per heavy atom. The van der Waals surface area contributed by atoms with Crippen molar-refractivity contribution in [3.05, 3.63) is 97.1 Å². The summed E-state index contributed by atoms with van der Waals surface area (Å²) in [5, 5.41) is 21.2. The van der Waals surface area contributed by atoms with Crippen molar-refractivity contribution in [2.24, 2.45) is 0 Å². The lowest BCUT2D eigenvalue weighted by Gasteiger charge is -2.09. The number of rotatable bonds is 4. The van der Waals surface area contributed by atoms with Crippen LogP contribution in [0.1, 0.15) is 0 Å². The van der Waals surface area contributed by atoms with Gasteiger partial charge in [-0.15, -0.1) is 0 Å². The van der Waals surface area contributed by atoms with Crippen LogP contribution in [0.2, 0.25) is 0 Å². The predicted molar refractivity (Wildman–Crippen MR) is 122 cm³/mol. The number of imidazole rings is 1. The summed E-state index contributed by atoms with van der Waals surface area (Å²) >= 11 is 0. The number of aromatic amines is 1. The zero-order valence-electron chi connectivity index (χ0n) is 16.2. The van der Waals surface area contributed by atoms with Crippen LogP contribution < -0.4 is 5.46 Å². The molecule has 1 aromatic heterocycles. The van der Waals surface area contributed by atoms with Crippen molar-refractivity contribution in [1.82, 2.24) is 9.97 Å². The Hall–Kier alpha value is -3.67. The molecule has 0 aliphatic heterocycles. The minimum absolute atomic E-state index is 0.479. The largest absolute Gasteiger partial charge is 0.489 e. The van der Waals surface area contributed by atoms with Crippen molar-refractivity contribution in [2.45, 2.75) is 0 Å². The Labute approximate surface area is 174 Å². The highest BCUT2D eigenvalue weighted by Crippen LogP contribution is 2.34. The summed E-state index contributed by atoms with van der Waals surface area (Å²) in [6, 6.07) is 31.6. The van der Waals surface area contributed by atoms with Crippen molar-refractivity contribution in [3.63, 3.8) is 0 Å². The number of H-pyrrole nitrogens is 1.